The van der Waals surface area contributed by atoms with Crippen LogP contribution >= 0.6 is 0 Å². The third-order valence-corrected chi connectivity index (χ3v) is 3.17. The van der Waals surface area contributed by atoms with E-state index in [0.717, 1.165) is 11.0 Å². The van der Waals surface area contributed by atoms with Crippen LogP contribution in [0.3, 0.4) is 0 Å². The van der Waals surface area contributed by atoms with Crippen LogP contribution in [-0.2, 0) is 0 Å². The Morgan fingerprint density at radius 2 is 2.20 bits per heavy atom. The van der Waals surface area contributed by atoms with Gasteiger partial charge in [-0.1, -0.05) is 0 Å². The molecule has 20 heavy (non-hydrogen) atoms. The van der Waals surface area contributed by atoms with Gasteiger partial charge in [-0.2, -0.15) is 0 Å². The highest BCUT2D eigenvalue weighted by Gasteiger charge is 2.21. The minimum absolute atomic E-state index is 0.00352. The Labute approximate surface area is 111 Å². The third-order valence-electron chi connectivity index (χ3n) is 3.17. The summed E-state index contributed by atoms with van der Waals surface area (Å²) in [5, 5.41) is 9.41. The third kappa shape index (κ3) is 1.59. The van der Waals surface area contributed by atoms with Crippen molar-refractivity contribution in [2.75, 3.05) is 11.9 Å². The largest absolute Gasteiger partial charge is 0.465 e. The summed E-state index contributed by atoms with van der Waals surface area (Å²) >= 11 is 0. The molecule has 2 aromatic heterocycles. The number of aromatic nitrogens is 2. The predicted octanol–water partition coefficient (Wildman–Crippen LogP) is 3.11. The molecule has 0 atom stereocenters. The average Bonchev–Trinajstić information content (AvgIpc) is 2.81. The van der Waals surface area contributed by atoms with E-state index in [9.17, 15) is 13.6 Å². The maximum Gasteiger partial charge on any atom is 0.411 e. The lowest BCUT2D eigenvalue weighted by atomic mass is 10.1. The van der Waals surface area contributed by atoms with Crippen molar-refractivity contribution < 1.29 is 18.7 Å². The summed E-state index contributed by atoms with van der Waals surface area (Å²) in [6.07, 6.45) is 0.232. The zero-order chi connectivity index (χ0) is 14.4. The number of carboxylic acid groups (broad SMARTS) is 1. The second-order valence-electron chi connectivity index (χ2n) is 4.31. The number of nitrogens with zero attached hydrogens (tertiary/aromatic N) is 2. The maximum atomic E-state index is 14.0. The van der Waals surface area contributed by atoms with Crippen molar-refractivity contribution in [2.24, 2.45) is 0 Å². The van der Waals surface area contributed by atoms with Gasteiger partial charge in [0.15, 0.2) is 11.6 Å². The van der Waals surface area contributed by atoms with Crippen molar-refractivity contribution >= 4 is 33.7 Å². The van der Waals surface area contributed by atoms with Crippen molar-refractivity contribution in [1.29, 1.82) is 0 Å². The van der Waals surface area contributed by atoms with Gasteiger partial charge in [0.25, 0.3) is 0 Å². The molecule has 0 radical (unpaired) electrons. The first kappa shape index (κ1) is 12.3. The molecule has 2 N–H and O–H groups in total. The van der Waals surface area contributed by atoms with Gasteiger partial charge >= 0.3 is 6.09 Å². The van der Waals surface area contributed by atoms with E-state index in [1.54, 1.807) is 12.1 Å². The van der Waals surface area contributed by atoms with Gasteiger partial charge in [-0.05, 0) is 12.1 Å². The van der Waals surface area contributed by atoms with Crippen molar-refractivity contribution in [3.05, 3.63) is 36.0 Å². The standard InChI is InChI=1S/C13H9F2N3O2/c1-18(13(19)20)8-5-7(14)10(15)9-6-3-2-4-16-12(6)17-11(8)9/h2-5H,1H3,(H,16,17)(H,19,20). The summed E-state index contributed by atoms with van der Waals surface area (Å²) in [6.45, 7) is 0. The van der Waals surface area contributed by atoms with Gasteiger partial charge in [-0.25, -0.2) is 18.6 Å². The van der Waals surface area contributed by atoms with Crippen LogP contribution in [0.2, 0.25) is 0 Å². The van der Waals surface area contributed by atoms with Gasteiger partial charge in [0, 0.05) is 30.1 Å². The summed E-state index contributed by atoms with van der Waals surface area (Å²) in [5.41, 5.74) is 0.596. The van der Waals surface area contributed by atoms with Gasteiger partial charge in [0.05, 0.1) is 11.2 Å². The SMILES string of the molecule is CN(C(=O)O)c1cc(F)c(F)c2c1[nH]c1ncccc12. The molecule has 5 nitrogen and oxygen atoms in total. The fourth-order valence-corrected chi connectivity index (χ4v) is 2.18. The molecule has 2 heterocycles. The number of halogens is 2. The summed E-state index contributed by atoms with van der Waals surface area (Å²) in [6, 6.07) is 4.04. The normalized spacial score (nSPS) is 11.2. The topological polar surface area (TPSA) is 69.2 Å². The molecule has 0 fully saturated rings. The monoisotopic (exact) mass is 277 g/mol. The van der Waals surface area contributed by atoms with Crippen molar-refractivity contribution in [1.82, 2.24) is 9.97 Å². The molecular formula is C13H9F2N3O2. The quantitative estimate of drug-likeness (QED) is 0.718. The highest BCUT2D eigenvalue weighted by molar-refractivity contribution is 6.12. The second-order valence-corrected chi connectivity index (χ2v) is 4.31. The Morgan fingerprint density at radius 3 is 2.90 bits per heavy atom. The molecule has 0 aliphatic rings. The van der Waals surface area contributed by atoms with E-state index in [-0.39, 0.29) is 16.6 Å². The van der Waals surface area contributed by atoms with Crippen molar-refractivity contribution in [3.8, 4) is 0 Å². The van der Waals surface area contributed by atoms with E-state index in [0.29, 0.717) is 11.0 Å². The van der Waals surface area contributed by atoms with E-state index >= 15 is 0 Å². The molecule has 0 aliphatic heterocycles. The number of pyridine rings is 1. The van der Waals surface area contributed by atoms with E-state index in [4.69, 9.17) is 5.11 Å². The number of H-pyrrole nitrogens is 1. The Bertz CT molecular complexity index is 844. The molecule has 0 unspecified atom stereocenters. The van der Waals surface area contributed by atoms with Crippen LogP contribution in [0.25, 0.3) is 21.9 Å². The average molecular weight is 277 g/mol. The number of anilines is 1. The Morgan fingerprint density at radius 1 is 1.45 bits per heavy atom. The van der Waals surface area contributed by atoms with Gasteiger partial charge < -0.3 is 10.1 Å². The molecule has 0 bridgehead atoms. The maximum absolute atomic E-state index is 14.0. The zero-order valence-electron chi connectivity index (χ0n) is 10.3. The molecule has 0 aliphatic carbocycles. The number of carbonyl (C=O) groups is 1. The highest BCUT2D eigenvalue weighted by Crippen LogP contribution is 2.34. The van der Waals surface area contributed by atoms with Crippen molar-refractivity contribution in [2.45, 2.75) is 0 Å². The first-order chi connectivity index (χ1) is 9.50. The van der Waals surface area contributed by atoms with E-state index < -0.39 is 17.7 Å². The summed E-state index contributed by atoms with van der Waals surface area (Å²) < 4.78 is 27.7. The molecule has 3 aromatic rings. The van der Waals surface area contributed by atoms with Crippen LogP contribution in [-0.4, -0.2) is 28.2 Å². The van der Waals surface area contributed by atoms with Crippen LogP contribution in [0.4, 0.5) is 19.3 Å². The van der Waals surface area contributed by atoms with E-state index in [1.165, 1.54) is 13.2 Å². The number of fused-ring (bicyclic) bond motifs is 3. The zero-order valence-corrected chi connectivity index (χ0v) is 10.3. The Hall–Kier alpha value is -2.70. The fourth-order valence-electron chi connectivity index (χ4n) is 2.18. The predicted molar refractivity (Wildman–Crippen MR) is 69.9 cm³/mol. The van der Waals surface area contributed by atoms with E-state index in [2.05, 4.69) is 9.97 Å². The molecule has 0 spiro atoms. The van der Waals surface area contributed by atoms with Crippen LogP contribution in [0.1, 0.15) is 0 Å². The molecule has 0 saturated heterocycles. The number of aromatic amines is 1. The number of rotatable bonds is 1. The Kier molecular flexibility index (Phi) is 2.56. The first-order valence-electron chi connectivity index (χ1n) is 5.71. The number of nitrogens with one attached hydrogen (secondary N) is 1. The van der Waals surface area contributed by atoms with Crippen LogP contribution in [0.15, 0.2) is 24.4 Å². The smallest absolute Gasteiger partial charge is 0.411 e. The number of amides is 1. The minimum Gasteiger partial charge on any atom is -0.465 e. The lowest BCUT2D eigenvalue weighted by Gasteiger charge is -2.14. The number of hydrogen-bond donors (Lipinski definition) is 2. The molecule has 102 valence electrons. The first-order valence-corrected chi connectivity index (χ1v) is 5.71. The van der Waals surface area contributed by atoms with Crippen LogP contribution in [0, 0.1) is 11.6 Å². The molecular weight excluding hydrogens is 268 g/mol. The summed E-state index contributed by atoms with van der Waals surface area (Å²) in [7, 11) is 1.26. The number of hydrogen-bond acceptors (Lipinski definition) is 2. The second kappa shape index (κ2) is 4.16. The fraction of sp³-hybridized carbons (Fsp3) is 0.0769. The van der Waals surface area contributed by atoms with Gasteiger partial charge in [-0.15, -0.1) is 0 Å². The lowest BCUT2D eigenvalue weighted by molar-refractivity contribution is 0.203. The molecule has 1 amide bonds. The molecule has 3 rings (SSSR count). The Balaban J connectivity index is 2.49. The van der Waals surface area contributed by atoms with Crippen LogP contribution in [0.5, 0.6) is 0 Å². The molecule has 7 heteroatoms. The lowest BCUT2D eigenvalue weighted by Crippen LogP contribution is -2.24. The number of benzene rings is 1. The van der Waals surface area contributed by atoms with Gasteiger partial charge in [0.2, 0.25) is 0 Å². The van der Waals surface area contributed by atoms with Gasteiger partial charge in [0.1, 0.15) is 5.65 Å². The van der Waals surface area contributed by atoms with E-state index in [1.807, 2.05) is 0 Å². The minimum atomic E-state index is -1.27. The van der Waals surface area contributed by atoms with Crippen molar-refractivity contribution in [3.63, 3.8) is 0 Å². The molecule has 0 saturated carbocycles. The van der Waals surface area contributed by atoms with Crippen LogP contribution < -0.4 is 4.90 Å². The summed E-state index contributed by atoms with van der Waals surface area (Å²) in [4.78, 5) is 18.7. The summed E-state index contributed by atoms with van der Waals surface area (Å²) in [5.74, 6) is -2.13. The van der Waals surface area contributed by atoms with Gasteiger partial charge in [-0.3, -0.25) is 4.90 Å². The molecule has 1 aromatic carbocycles. The highest BCUT2D eigenvalue weighted by atomic mass is 19.2.